The summed E-state index contributed by atoms with van der Waals surface area (Å²) in [6.07, 6.45) is 0. The van der Waals surface area contributed by atoms with Gasteiger partial charge in [-0.2, -0.15) is 0 Å². The highest BCUT2D eigenvalue weighted by molar-refractivity contribution is 7.27. The van der Waals surface area contributed by atoms with E-state index in [2.05, 4.69) is 358 Å². The summed E-state index contributed by atoms with van der Waals surface area (Å²) in [5.74, 6) is 1.69. The highest BCUT2D eigenvalue weighted by atomic mass is 32.1. The van der Waals surface area contributed by atoms with Crippen LogP contribution in [0.2, 0.25) is 0 Å². The van der Waals surface area contributed by atoms with Gasteiger partial charge in [-0.25, -0.2) is 0 Å². The van der Waals surface area contributed by atoms with Crippen molar-refractivity contribution in [3.8, 4) is 11.5 Å². The molecule has 0 saturated heterocycles. The topological polar surface area (TPSA) is 25.4 Å². The van der Waals surface area contributed by atoms with Crippen molar-refractivity contribution in [2.75, 3.05) is 24.5 Å². The molecule has 18 aromatic rings. The number of nitrogens with zero attached hydrogens (tertiary/aromatic N) is 5. The first kappa shape index (κ1) is 56.9. The molecule has 0 unspecified atom stereocenters. The van der Waals surface area contributed by atoms with Gasteiger partial charge in [0.1, 0.15) is 11.5 Å². The van der Waals surface area contributed by atoms with Gasteiger partial charge in [0.15, 0.2) is 0 Å². The van der Waals surface area contributed by atoms with Gasteiger partial charge in [-0.15, -0.1) is 34.0 Å². The van der Waals surface area contributed by atoms with Crippen molar-refractivity contribution in [2.24, 2.45) is 0 Å². The van der Waals surface area contributed by atoms with Crippen molar-refractivity contribution < 1.29 is 4.74 Å². The smallest absolute Gasteiger partial charge is 0.256 e. The van der Waals surface area contributed by atoms with E-state index in [0.29, 0.717) is 0 Å². The van der Waals surface area contributed by atoms with E-state index in [1.807, 2.05) is 34.0 Å². The van der Waals surface area contributed by atoms with Crippen LogP contribution >= 0.6 is 34.0 Å². The number of thiophene rings is 3. The lowest BCUT2D eigenvalue weighted by Gasteiger charge is -2.47. The monoisotopic (exact) mass is 1340 g/mol. The molecule has 470 valence electrons. The van der Waals surface area contributed by atoms with Crippen LogP contribution < -0.4 is 62.0 Å². The average molecular weight is 1340 g/mol. The van der Waals surface area contributed by atoms with Crippen LogP contribution in [-0.2, 0) is 0 Å². The Morgan fingerprint density at radius 1 is 0.248 bits per heavy atom. The summed E-state index contributed by atoms with van der Waals surface area (Å²) >= 11 is 5.62. The maximum atomic E-state index is 7.47. The third kappa shape index (κ3) is 8.46. The predicted octanol–water partition coefficient (Wildman–Crippen LogP) is 22.2. The summed E-state index contributed by atoms with van der Waals surface area (Å²) in [4.78, 5) is 12.8. The fourth-order valence-electron chi connectivity index (χ4n) is 17.1. The summed E-state index contributed by atoms with van der Waals surface area (Å²) < 4.78 is 15.0. The van der Waals surface area contributed by atoms with Crippen LogP contribution in [0.15, 0.2) is 334 Å². The van der Waals surface area contributed by atoms with E-state index in [1.54, 1.807) is 0 Å². The van der Waals surface area contributed by atoms with E-state index in [9.17, 15) is 0 Å². The van der Waals surface area contributed by atoms with E-state index < -0.39 is 0 Å². The molecule has 0 saturated carbocycles. The molecule has 0 N–H and O–H groups in total. The van der Waals surface area contributed by atoms with Crippen molar-refractivity contribution in [1.82, 2.24) is 0 Å². The Balaban J connectivity index is 0.866. The minimum Gasteiger partial charge on any atom is -0.458 e. The first-order chi connectivity index (χ1) is 50.1. The van der Waals surface area contributed by atoms with Crippen LogP contribution in [0.3, 0.4) is 0 Å². The Morgan fingerprint density at radius 3 is 1.26 bits per heavy atom. The molecule has 4 aliphatic rings. The first-order valence-electron chi connectivity index (χ1n) is 34.4. The van der Waals surface area contributed by atoms with E-state index in [0.717, 1.165) is 108 Å². The molecular weight excluding hydrogens is 1280 g/mol. The van der Waals surface area contributed by atoms with Crippen LogP contribution in [-0.4, -0.2) is 13.4 Å². The van der Waals surface area contributed by atoms with Crippen LogP contribution in [0, 0.1) is 0 Å². The average Bonchev–Trinajstić information content (AvgIpc) is 1.11. The summed E-state index contributed by atoms with van der Waals surface area (Å²) in [5, 5.41) is 7.52. The van der Waals surface area contributed by atoms with E-state index in [-0.39, 0.29) is 13.4 Å². The lowest BCUT2D eigenvalue weighted by Crippen LogP contribution is -2.64. The lowest BCUT2D eigenvalue weighted by atomic mass is 9.30. The zero-order valence-electron chi connectivity index (χ0n) is 54.3. The van der Waals surface area contributed by atoms with Crippen LogP contribution in [0.25, 0.3) is 60.5 Å². The lowest BCUT2D eigenvalue weighted by molar-refractivity contribution is 0.487. The molecule has 0 radical (unpaired) electrons. The second-order valence-corrected chi connectivity index (χ2v) is 29.7. The van der Waals surface area contributed by atoms with Crippen LogP contribution in [0.4, 0.5) is 85.3 Å². The highest BCUT2D eigenvalue weighted by Gasteiger charge is 2.49. The third-order valence-corrected chi connectivity index (χ3v) is 24.8. The highest BCUT2D eigenvalue weighted by Crippen LogP contribution is 2.55. The molecule has 6 nitrogen and oxygen atoms in total. The number of para-hydroxylation sites is 6. The van der Waals surface area contributed by atoms with Crippen LogP contribution in [0.5, 0.6) is 11.5 Å². The molecule has 0 aliphatic carbocycles. The van der Waals surface area contributed by atoms with Gasteiger partial charge in [0.25, 0.3) is 13.4 Å². The molecule has 0 atom stereocenters. The first-order valence-corrected chi connectivity index (χ1v) is 36.9. The molecule has 4 aliphatic heterocycles. The van der Waals surface area contributed by atoms with Gasteiger partial charge in [-0.3, -0.25) is 0 Å². The normalized spacial score (nSPS) is 13.1. The maximum Gasteiger partial charge on any atom is 0.256 e. The Hall–Kier alpha value is -12.1. The number of fused-ring (bicyclic) bond motifs is 17. The second kappa shape index (κ2) is 22.2. The van der Waals surface area contributed by atoms with Gasteiger partial charge in [-0.1, -0.05) is 206 Å². The van der Waals surface area contributed by atoms with Crippen molar-refractivity contribution in [1.29, 1.82) is 0 Å². The van der Waals surface area contributed by atoms with Crippen molar-refractivity contribution in [2.45, 2.75) is 0 Å². The molecular formula is C90H55B2N5OS3. The molecule has 0 bridgehead atoms. The van der Waals surface area contributed by atoms with Crippen molar-refractivity contribution in [3.63, 3.8) is 0 Å². The summed E-state index contributed by atoms with van der Waals surface area (Å²) in [6.45, 7) is -0.438. The molecule has 101 heavy (non-hydrogen) atoms. The SMILES string of the molecule is c1ccc(N(c2ccccc2)c2cc3c4c(c2)N(c2cccc5c2sc2ccccc25)c2cc5c(cc2B4c2ccccc2N3c2cccc3c2sc2ccccc23)B2c3ccccc3Oc3cc(N(c4ccccc4)c4cccc6c4sc4ccccc46)cc(c32)N5c2ccccc2)cc1. The second-order valence-electron chi connectivity index (χ2n) is 26.6. The standard InChI is InChI=1S/C90H55B2N5OS3/c1-5-26-56(27-6-1)93(57-28-7-2-8-29-57)60-50-78-86-79(51-60)97(75-45-25-39-67-64-36-15-22-49-85(64)101-90(67)75)77-55-76-70(54-71(77)91(86)68-40-16-18-42-72(68)96(78)74-44-24-38-66-63-35-14-21-48-84(63)100-89(66)74)92-69-41-17-19-46-81(69)98-82-53-61(52-80(87(82)92)95(76)59-32-11-4-12-33-59)94(58-30-9-3-10-31-58)73-43-23-37-65-62-34-13-20-47-83(62)99-88(65)73/h1-55H. The molecule has 15 aromatic carbocycles. The van der Waals surface area contributed by atoms with Gasteiger partial charge < -0.3 is 29.2 Å². The van der Waals surface area contributed by atoms with E-state index in [4.69, 9.17) is 4.74 Å². The Kier molecular flexibility index (Phi) is 12.5. The fourth-order valence-corrected chi connectivity index (χ4v) is 20.7. The Morgan fingerprint density at radius 2 is 0.663 bits per heavy atom. The molecule has 3 aromatic heterocycles. The number of hydrogen-bond donors (Lipinski definition) is 0. The minimum absolute atomic E-state index is 0.218. The zero-order valence-corrected chi connectivity index (χ0v) is 56.7. The quantitative estimate of drug-likeness (QED) is 0.134. The zero-order chi connectivity index (χ0) is 66.0. The Bertz CT molecular complexity index is 6420. The van der Waals surface area contributed by atoms with Crippen molar-refractivity contribution >= 4 is 226 Å². The van der Waals surface area contributed by atoms with Crippen molar-refractivity contribution in [3.05, 3.63) is 334 Å². The number of benzene rings is 15. The molecule has 7 heterocycles. The van der Waals surface area contributed by atoms with Gasteiger partial charge in [0.05, 0.1) is 42.5 Å². The Labute approximate surface area is 596 Å². The summed E-state index contributed by atoms with van der Waals surface area (Å²) in [5.41, 5.74) is 23.6. The molecule has 0 spiro atoms. The molecule has 11 heteroatoms. The predicted molar refractivity (Wildman–Crippen MR) is 434 cm³/mol. The van der Waals surface area contributed by atoms with Crippen LogP contribution in [0.1, 0.15) is 0 Å². The molecule has 0 fully saturated rings. The van der Waals surface area contributed by atoms with E-state index in [1.165, 1.54) is 82.4 Å². The van der Waals surface area contributed by atoms with Gasteiger partial charge in [-0.05, 0) is 154 Å². The summed E-state index contributed by atoms with van der Waals surface area (Å²) in [6, 6.07) is 124. The third-order valence-electron chi connectivity index (χ3n) is 21.2. The van der Waals surface area contributed by atoms with E-state index >= 15 is 0 Å². The van der Waals surface area contributed by atoms with Gasteiger partial charge in [0.2, 0.25) is 0 Å². The molecule has 22 rings (SSSR count). The van der Waals surface area contributed by atoms with Gasteiger partial charge in [0, 0.05) is 109 Å². The summed E-state index contributed by atoms with van der Waals surface area (Å²) in [7, 11) is 0. The maximum absolute atomic E-state index is 7.47. The number of ether oxygens (including phenoxy) is 1. The number of rotatable bonds is 9. The fraction of sp³-hybridized carbons (Fsp3) is 0. The minimum atomic E-state index is -0.220. The number of anilines is 15. The molecule has 0 amide bonds. The largest absolute Gasteiger partial charge is 0.458 e. The van der Waals surface area contributed by atoms with Gasteiger partial charge >= 0.3 is 0 Å². The number of hydrogen-bond acceptors (Lipinski definition) is 9.